The number of phenolic OH excluding ortho intramolecular Hbond substituents is 1. The maximum absolute atomic E-state index is 13.1. The lowest BCUT2D eigenvalue weighted by Gasteiger charge is -2.18. The van der Waals surface area contributed by atoms with E-state index in [-0.39, 0.29) is 17.6 Å². The van der Waals surface area contributed by atoms with Gasteiger partial charge in [-0.15, -0.1) is 22.7 Å². The van der Waals surface area contributed by atoms with Crippen LogP contribution in [0, 0.1) is 5.92 Å². The van der Waals surface area contributed by atoms with Crippen LogP contribution < -0.4 is 10.6 Å². The maximum Gasteiger partial charge on any atom is 0.266 e. The summed E-state index contributed by atoms with van der Waals surface area (Å²) in [5.41, 5.74) is 2.20. The molecule has 0 radical (unpaired) electrons. The number of benzene rings is 1. The van der Waals surface area contributed by atoms with Gasteiger partial charge in [0.25, 0.3) is 11.8 Å². The summed E-state index contributed by atoms with van der Waals surface area (Å²) in [6.07, 6.45) is 2.79. The topological polar surface area (TPSA) is 78.4 Å². The van der Waals surface area contributed by atoms with Crippen molar-refractivity contribution in [3.8, 4) is 5.75 Å². The molecule has 28 heavy (non-hydrogen) atoms. The number of anilines is 2. The SMILES string of the molecule is C[C@@H]1CCc2c(sc(NC(=O)c3cccs3)c2C(=O)Nc2ccc(O)cc2)C1. The summed E-state index contributed by atoms with van der Waals surface area (Å²) >= 11 is 2.88. The first kappa shape index (κ1) is 18.7. The Labute approximate surface area is 171 Å². The maximum atomic E-state index is 13.1. The standard InChI is InChI=1S/C21H20N2O3S2/c1-12-4-9-15-17(11-12)28-21(23-19(25)16-3-2-10-27-16)18(15)20(26)22-13-5-7-14(24)8-6-13/h2-3,5-8,10,12,24H,4,9,11H2,1H3,(H,22,26)(H,23,25)/t12-/m1/s1. The summed E-state index contributed by atoms with van der Waals surface area (Å²) in [5.74, 6) is 0.281. The zero-order valence-corrected chi connectivity index (χ0v) is 17.0. The highest BCUT2D eigenvalue weighted by molar-refractivity contribution is 7.17. The van der Waals surface area contributed by atoms with Gasteiger partial charge >= 0.3 is 0 Å². The molecule has 1 aromatic carbocycles. The largest absolute Gasteiger partial charge is 0.508 e. The smallest absolute Gasteiger partial charge is 0.266 e. The molecular formula is C21H20N2O3S2. The number of rotatable bonds is 4. The number of phenols is 1. The van der Waals surface area contributed by atoms with E-state index in [1.165, 1.54) is 39.7 Å². The van der Waals surface area contributed by atoms with E-state index in [4.69, 9.17) is 0 Å². The number of aromatic hydroxyl groups is 1. The Hall–Kier alpha value is -2.64. The molecule has 3 aromatic rings. The highest BCUT2D eigenvalue weighted by Gasteiger charge is 2.28. The molecular weight excluding hydrogens is 392 g/mol. The van der Waals surface area contributed by atoms with Gasteiger partial charge in [-0.3, -0.25) is 9.59 Å². The van der Waals surface area contributed by atoms with Crippen LogP contribution in [0.2, 0.25) is 0 Å². The highest BCUT2D eigenvalue weighted by atomic mass is 32.1. The van der Waals surface area contributed by atoms with E-state index >= 15 is 0 Å². The van der Waals surface area contributed by atoms with Crippen molar-refractivity contribution < 1.29 is 14.7 Å². The average molecular weight is 413 g/mol. The first-order valence-corrected chi connectivity index (χ1v) is 10.8. The summed E-state index contributed by atoms with van der Waals surface area (Å²) in [7, 11) is 0. The van der Waals surface area contributed by atoms with E-state index in [0.29, 0.717) is 27.0 Å². The number of nitrogens with one attached hydrogen (secondary N) is 2. The van der Waals surface area contributed by atoms with E-state index in [1.54, 1.807) is 18.2 Å². The highest BCUT2D eigenvalue weighted by Crippen LogP contribution is 2.40. The molecule has 2 heterocycles. The van der Waals surface area contributed by atoms with Crippen molar-refractivity contribution in [1.82, 2.24) is 0 Å². The molecule has 4 rings (SSSR count). The molecule has 2 amide bonds. The van der Waals surface area contributed by atoms with Crippen molar-refractivity contribution >= 4 is 45.2 Å². The second-order valence-corrected chi connectivity index (χ2v) is 9.04. The Morgan fingerprint density at radius 3 is 2.61 bits per heavy atom. The molecule has 5 nitrogen and oxygen atoms in total. The molecule has 144 valence electrons. The third kappa shape index (κ3) is 3.81. The van der Waals surface area contributed by atoms with E-state index in [1.807, 2.05) is 11.4 Å². The van der Waals surface area contributed by atoms with Crippen LogP contribution >= 0.6 is 22.7 Å². The minimum absolute atomic E-state index is 0.142. The van der Waals surface area contributed by atoms with Crippen LogP contribution in [-0.4, -0.2) is 16.9 Å². The van der Waals surface area contributed by atoms with Crippen LogP contribution in [0.4, 0.5) is 10.7 Å². The van der Waals surface area contributed by atoms with Crippen LogP contribution in [-0.2, 0) is 12.8 Å². The third-order valence-corrected chi connectivity index (χ3v) is 6.87. The second-order valence-electron chi connectivity index (χ2n) is 6.99. The fraction of sp³-hybridized carbons (Fsp3) is 0.238. The van der Waals surface area contributed by atoms with Gasteiger partial charge in [-0.1, -0.05) is 13.0 Å². The number of carbonyl (C=O) groups is 2. The van der Waals surface area contributed by atoms with Gasteiger partial charge in [0.05, 0.1) is 10.4 Å². The molecule has 2 aromatic heterocycles. The molecule has 0 spiro atoms. The molecule has 0 unspecified atom stereocenters. The Balaban J connectivity index is 1.66. The van der Waals surface area contributed by atoms with Gasteiger partial charge in [0.2, 0.25) is 0 Å². The molecule has 7 heteroatoms. The Bertz CT molecular complexity index is 1010. The van der Waals surface area contributed by atoms with Crippen molar-refractivity contribution in [2.45, 2.75) is 26.2 Å². The van der Waals surface area contributed by atoms with Crippen molar-refractivity contribution in [3.05, 3.63) is 62.7 Å². The number of carbonyl (C=O) groups excluding carboxylic acids is 2. The van der Waals surface area contributed by atoms with E-state index in [2.05, 4.69) is 17.6 Å². The predicted octanol–water partition coefficient (Wildman–Crippen LogP) is 5.14. The molecule has 0 bridgehead atoms. The lowest BCUT2D eigenvalue weighted by molar-refractivity contribution is 0.102. The summed E-state index contributed by atoms with van der Waals surface area (Å²) < 4.78 is 0. The van der Waals surface area contributed by atoms with Crippen LogP contribution in [0.15, 0.2) is 41.8 Å². The van der Waals surface area contributed by atoms with Crippen molar-refractivity contribution in [2.24, 2.45) is 5.92 Å². The van der Waals surface area contributed by atoms with Gasteiger partial charge < -0.3 is 15.7 Å². The summed E-state index contributed by atoms with van der Waals surface area (Å²) in [5, 5.41) is 17.7. The first-order chi connectivity index (χ1) is 13.5. The van der Waals surface area contributed by atoms with Gasteiger partial charge in [0, 0.05) is 10.6 Å². The molecule has 0 aliphatic heterocycles. The van der Waals surface area contributed by atoms with E-state index < -0.39 is 0 Å². The Kier molecular flexibility index (Phi) is 5.19. The zero-order chi connectivity index (χ0) is 19.7. The molecule has 1 atom stereocenters. The zero-order valence-electron chi connectivity index (χ0n) is 15.3. The van der Waals surface area contributed by atoms with Gasteiger partial charge in [0.15, 0.2) is 0 Å². The summed E-state index contributed by atoms with van der Waals surface area (Å²) in [6.45, 7) is 2.21. The van der Waals surface area contributed by atoms with Crippen molar-refractivity contribution in [1.29, 1.82) is 0 Å². The first-order valence-electron chi connectivity index (χ1n) is 9.11. The number of amides is 2. The summed E-state index contributed by atoms with van der Waals surface area (Å²) in [6, 6.07) is 9.96. The normalized spacial score (nSPS) is 15.7. The number of fused-ring (bicyclic) bond motifs is 1. The lowest BCUT2D eigenvalue weighted by Crippen LogP contribution is -2.19. The van der Waals surface area contributed by atoms with Gasteiger partial charge in [-0.05, 0) is 66.5 Å². The fourth-order valence-corrected chi connectivity index (χ4v) is 5.41. The predicted molar refractivity (Wildman–Crippen MR) is 114 cm³/mol. The van der Waals surface area contributed by atoms with Gasteiger partial charge in [-0.2, -0.15) is 0 Å². The van der Waals surface area contributed by atoms with Crippen molar-refractivity contribution in [2.75, 3.05) is 10.6 Å². The van der Waals surface area contributed by atoms with Gasteiger partial charge in [-0.25, -0.2) is 0 Å². The Morgan fingerprint density at radius 1 is 1.11 bits per heavy atom. The molecule has 1 aliphatic carbocycles. The van der Waals surface area contributed by atoms with Crippen molar-refractivity contribution in [3.63, 3.8) is 0 Å². The summed E-state index contributed by atoms with van der Waals surface area (Å²) in [4.78, 5) is 27.4. The quantitative estimate of drug-likeness (QED) is 0.519. The lowest BCUT2D eigenvalue weighted by atomic mass is 9.88. The van der Waals surface area contributed by atoms with Crippen LogP contribution in [0.5, 0.6) is 5.75 Å². The average Bonchev–Trinajstić information content (AvgIpc) is 3.31. The fourth-order valence-electron chi connectivity index (χ4n) is 3.39. The van der Waals surface area contributed by atoms with Gasteiger partial charge in [0.1, 0.15) is 10.8 Å². The number of thiophene rings is 2. The van der Waals surface area contributed by atoms with Crippen LogP contribution in [0.1, 0.15) is 43.8 Å². The molecule has 0 fully saturated rings. The molecule has 3 N–H and O–H groups in total. The molecule has 0 saturated heterocycles. The molecule has 1 aliphatic rings. The monoisotopic (exact) mass is 412 g/mol. The van der Waals surface area contributed by atoms with E-state index in [0.717, 1.165) is 24.8 Å². The van der Waals surface area contributed by atoms with Crippen LogP contribution in [0.25, 0.3) is 0 Å². The molecule has 0 saturated carbocycles. The van der Waals surface area contributed by atoms with Crippen LogP contribution in [0.3, 0.4) is 0 Å². The minimum atomic E-state index is -0.237. The number of hydrogen-bond donors (Lipinski definition) is 3. The third-order valence-electron chi connectivity index (χ3n) is 4.84. The second kappa shape index (κ2) is 7.77. The Morgan fingerprint density at radius 2 is 1.89 bits per heavy atom. The minimum Gasteiger partial charge on any atom is -0.508 e. The number of hydrogen-bond acceptors (Lipinski definition) is 5. The van der Waals surface area contributed by atoms with E-state index in [9.17, 15) is 14.7 Å².